The van der Waals surface area contributed by atoms with E-state index in [1.54, 1.807) is 0 Å². The molecule has 0 bridgehead atoms. The van der Waals surface area contributed by atoms with Crippen LogP contribution in [-0.2, 0) is 4.79 Å². The molecule has 3 nitrogen and oxygen atoms in total. The quantitative estimate of drug-likeness (QED) is 0.289. The Morgan fingerprint density at radius 1 is 0.794 bits per heavy atom. The van der Waals surface area contributed by atoms with Crippen molar-refractivity contribution in [2.75, 3.05) is 19.6 Å². The fraction of sp³-hybridized carbons (Fsp3) is 0.968. The SMILES string of the molecule is CCCCNCCCCNC(=O)CCC[C@H]1CCC2[C@@H]3CC[C@@H]4CCCC[C@]4(C)C3CCC21C. The summed E-state index contributed by atoms with van der Waals surface area (Å²) < 4.78 is 0. The Morgan fingerprint density at radius 3 is 2.44 bits per heavy atom. The Bertz CT molecular complexity index is 649. The predicted molar refractivity (Wildman–Crippen MR) is 144 cm³/mol. The van der Waals surface area contributed by atoms with Gasteiger partial charge in [0, 0.05) is 13.0 Å². The van der Waals surface area contributed by atoms with Crippen molar-refractivity contribution in [3.63, 3.8) is 0 Å². The van der Waals surface area contributed by atoms with E-state index in [-0.39, 0.29) is 5.91 Å². The molecule has 4 aliphatic carbocycles. The van der Waals surface area contributed by atoms with Crippen LogP contribution in [0.4, 0.5) is 0 Å². The molecule has 0 spiro atoms. The van der Waals surface area contributed by atoms with Crippen LogP contribution in [0.2, 0.25) is 0 Å². The summed E-state index contributed by atoms with van der Waals surface area (Å²) in [6.45, 7) is 10.7. The Kier molecular flexibility index (Phi) is 9.44. The number of unbranched alkanes of at least 4 members (excludes halogenated alkanes) is 2. The highest BCUT2D eigenvalue weighted by Crippen LogP contribution is 2.67. The molecule has 4 fully saturated rings. The molecule has 0 aromatic rings. The van der Waals surface area contributed by atoms with Crippen molar-refractivity contribution < 1.29 is 4.79 Å². The number of amides is 1. The van der Waals surface area contributed by atoms with Crippen molar-refractivity contribution in [3.05, 3.63) is 0 Å². The van der Waals surface area contributed by atoms with Gasteiger partial charge in [-0.2, -0.15) is 0 Å². The number of hydrogen-bond donors (Lipinski definition) is 2. The molecule has 4 aliphatic rings. The molecule has 3 unspecified atom stereocenters. The van der Waals surface area contributed by atoms with E-state index in [1.165, 1.54) is 83.5 Å². The maximum Gasteiger partial charge on any atom is 0.219 e. The van der Waals surface area contributed by atoms with E-state index in [0.717, 1.165) is 74.9 Å². The summed E-state index contributed by atoms with van der Waals surface area (Å²) in [5, 5.41) is 6.66. The minimum absolute atomic E-state index is 0.283. The molecule has 0 aromatic heterocycles. The summed E-state index contributed by atoms with van der Waals surface area (Å²) in [7, 11) is 0. The summed E-state index contributed by atoms with van der Waals surface area (Å²) in [4.78, 5) is 12.4. The molecule has 4 rings (SSSR count). The summed E-state index contributed by atoms with van der Waals surface area (Å²) in [5.74, 6) is 5.15. The van der Waals surface area contributed by atoms with E-state index in [9.17, 15) is 4.79 Å². The van der Waals surface area contributed by atoms with Crippen molar-refractivity contribution in [1.29, 1.82) is 0 Å². The molecule has 0 heterocycles. The molecular weight excluding hydrogens is 416 g/mol. The zero-order chi connectivity index (χ0) is 24.0. The monoisotopic (exact) mass is 472 g/mol. The van der Waals surface area contributed by atoms with Crippen molar-refractivity contribution in [3.8, 4) is 0 Å². The van der Waals surface area contributed by atoms with Crippen LogP contribution in [0.15, 0.2) is 0 Å². The Hall–Kier alpha value is -0.570. The number of carbonyl (C=O) groups is 1. The number of fused-ring (bicyclic) bond motifs is 5. The molecule has 0 aliphatic heterocycles. The van der Waals surface area contributed by atoms with Crippen LogP contribution in [0.5, 0.6) is 0 Å². The average Bonchev–Trinajstić information content (AvgIpc) is 3.16. The zero-order valence-corrected chi connectivity index (χ0v) is 22.9. The fourth-order valence-corrected chi connectivity index (χ4v) is 9.51. The first-order valence-corrected chi connectivity index (χ1v) is 15.5. The maximum absolute atomic E-state index is 12.4. The Morgan fingerprint density at radius 2 is 1.59 bits per heavy atom. The van der Waals surface area contributed by atoms with Crippen LogP contribution in [-0.4, -0.2) is 25.5 Å². The minimum Gasteiger partial charge on any atom is -0.356 e. The molecule has 3 heteroatoms. The van der Waals surface area contributed by atoms with Crippen molar-refractivity contribution >= 4 is 5.91 Å². The van der Waals surface area contributed by atoms with E-state index >= 15 is 0 Å². The van der Waals surface area contributed by atoms with Crippen LogP contribution in [0.3, 0.4) is 0 Å². The number of hydrogen-bond acceptors (Lipinski definition) is 2. The van der Waals surface area contributed by atoms with Gasteiger partial charge < -0.3 is 10.6 Å². The first-order valence-electron chi connectivity index (χ1n) is 15.5. The normalized spacial score (nSPS) is 39.2. The molecule has 4 saturated carbocycles. The molecule has 34 heavy (non-hydrogen) atoms. The molecule has 7 atom stereocenters. The van der Waals surface area contributed by atoms with E-state index in [1.807, 2.05) is 0 Å². The highest BCUT2D eigenvalue weighted by molar-refractivity contribution is 5.75. The van der Waals surface area contributed by atoms with Gasteiger partial charge in [0.15, 0.2) is 0 Å². The molecule has 0 aromatic carbocycles. The summed E-state index contributed by atoms with van der Waals surface area (Å²) in [6.07, 6.45) is 22.8. The van der Waals surface area contributed by atoms with Gasteiger partial charge in [-0.3, -0.25) is 4.79 Å². The molecule has 0 radical (unpaired) electrons. The third kappa shape index (κ3) is 5.70. The Labute approximate surface area is 211 Å². The molecule has 196 valence electrons. The van der Waals surface area contributed by atoms with E-state index < -0.39 is 0 Å². The first-order chi connectivity index (χ1) is 16.5. The Balaban J connectivity index is 1.17. The van der Waals surface area contributed by atoms with Crippen LogP contribution >= 0.6 is 0 Å². The molecule has 1 amide bonds. The van der Waals surface area contributed by atoms with Gasteiger partial charge in [0.2, 0.25) is 5.91 Å². The predicted octanol–water partition coefficient (Wildman–Crippen LogP) is 7.49. The third-order valence-electron chi connectivity index (χ3n) is 11.5. The maximum atomic E-state index is 12.4. The second-order valence-corrected chi connectivity index (χ2v) is 13.3. The second kappa shape index (κ2) is 12.1. The van der Waals surface area contributed by atoms with Crippen LogP contribution in [0.25, 0.3) is 0 Å². The van der Waals surface area contributed by atoms with Gasteiger partial charge in [-0.25, -0.2) is 0 Å². The zero-order valence-electron chi connectivity index (χ0n) is 22.9. The highest BCUT2D eigenvalue weighted by Gasteiger charge is 2.59. The average molecular weight is 473 g/mol. The van der Waals surface area contributed by atoms with Crippen LogP contribution < -0.4 is 10.6 Å². The minimum atomic E-state index is 0.283. The lowest BCUT2D eigenvalue weighted by Gasteiger charge is -2.60. The summed E-state index contributed by atoms with van der Waals surface area (Å²) in [6, 6.07) is 0. The lowest BCUT2D eigenvalue weighted by molar-refractivity contribution is -0.121. The first kappa shape index (κ1) is 26.5. The van der Waals surface area contributed by atoms with Gasteiger partial charge in [-0.15, -0.1) is 0 Å². The fourth-order valence-electron chi connectivity index (χ4n) is 9.51. The van der Waals surface area contributed by atoms with E-state index in [0.29, 0.717) is 10.8 Å². The van der Waals surface area contributed by atoms with Gasteiger partial charge in [-0.05, 0) is 137 Å². The largest absolute Gasteiger partial charge is 0.356 e. The van der Waals surface area contributed by atoms with E-state index in [4.69, 9.17) is 0 Å². The smallest absolute Gasteiger partial charge is 0.219 e. The molecular formula is C31H56N2O. The number of carbonyl (C=O) groups excluding carboxylic acids is 1. The lowest BCUT2D eigenvalue weighted by Crippen LogP contribution is -2.52. The van der Waals surface area contributed by atoms with Crippen LogP contribution in [0.1, 0.15) is 130 Å². The second-order valence-electron chi connectivity index (χ2n) is 13.3. The van der Waals surface area contributed by atoms with Gasteiger partial charge in [0.25, 0.3) is 0 Å². The van der Waals surface area contributed by atoms with Gasteiger partial charge in [0.05, 0.1) is 0 Å². The summed E-state index contributed by atoms with van der Waals surface area (Å²) in [5.41, 5.74) is 1.21. The van der Waals surface area contributed by atoms with Crippen molar-refractivity contribution in [2.24, 2.45) is 40.4 Å². The topological polar surface area (TPSA) is 41.1 Å². The van der Waals surface area contributed by atoms with Gasteiger partial charge in [0.1, 0.15) is 0 Å². The molecule has 2 N–H and O–H groups in total. The standard InChI is InChI=1S/C31H56N2O/c1-4-5-21-32-22-8-9-23-33-29(34)13-10-12-25-15-17-27-26-16-14-24-11-6-7-19-30(24,2)28(26)18-20-31(25,27)3/h24-28,32H,4-23H2,1-3H3,(H,33,34)/t24-,25-,26-,27?,28?,30-,31?/m0/s1. The number of rotatable bonds is 12. The lowest BCUT2D eigenvalue weighted by atomic mass is 9.45. The van der Waals surface area contributed by atoms with Gasteiger partial charge in [-0.1, -0.05) is 40.0 Å². The molecule has 0 saturated heterocycles. The van der Waals surface area contributed by atoms with Crippen LogP contribution in [0, 0.1) is 40.4 Å². The third-order valence-corrected chi connectivity index (χ3v) is 11.5. The van der Waals surface area contributed by atoms with E-state index in [2.05, 4.69) is 31.4 Å². The summed E-state index contributed by atoms with van der Waals surface area (Å²) >= 11 is 0. The highest BCUT2D eigenvalue weighted by atomic mass is 16.1. The number of nitrogens with one attached hydrogen (secondary N) is 2. The van der Waals surface area contributed by atoms with Crippen molar-refractivity contribution in [2.45, 2.75) is 130 Å². The van der Waals surface area contributed by atoms with Crippen molar-refractivity contribution in [1.82, 2.24) is 10.6 Å². The van der Waals surface area contributed by atoms with Gasteiger partial charge >= 0.3 is 0 Å².